The molecule has 6 nitrogen and oxygen atoms in total. The van der Waals surface area contributed by atoms with Crippen molar-refractivity contribution in [1.29, 1.82) is 0 Å². The van der Waals surface area contributed by atoms with Crippen LogP contribution in [0.25, 0.3) is 33.7 Å². The zero-order valence-electron chi connectivity index (χ0n) is 15.7. The lowest BCUT2D eigenvalue weighted by atomic mass is 10.1. The summed E-state index contributed by atoms with van der Waals surface area (Å²) in [5.41, 5.74) is 2.65. The van der Waals surface area contributed by atoms with Gasteiger partial charge >= 0.3 is 0 Å². The van der Waals surface area contributed by atoms with Gasteiger partial charge in [0.2, 0.25) is 5.82 Å². The van der Waals surface area contributed by atoms with Crippen LogP contribution in [0, 0.1) is 19.7 Å². The van der Waals surface area contributed by atoms with Crippen molar-refractivity contribution in [3.05, 3.63) is 63.7 Å². The van der Waals surface area contributed by atoms with Crippen LogP contribution in [-0.2, 0) is 6.54 Å². The third-order valence-electron chi connectivity index (χ3n) is 4.78. The number of hydrogen-bond acceptors (Lipinski definition) is 5. The summed E-state index contributed by atoms with van der Waals surface area (Å²) in [4.78, 5) is 17.3. The number of rotatable bonds is 3. The second kappa shape index (κ2) is 6.60. The van der Waals surface area contributed by atoms with Gasteiger partial charge in [0.25, 0.3) is 11.4 Å². The molecule has 142 valence electrons. The first-order valence-corrected chi connectivity index (χ1v) is 8.87. The van der Waals surface area contributed by atoms with E-state index in [4.69, 9.17) is 4.52 Å². The van der Waals surface area contributed by atoms with Crippen LogP contribution in [0.4, 0.5) is 4.39 Å². The van der Waals surface area contributed by atoms with Gasteiger partial charge in [-0.2, -0.15) is 4.98 Å². The minimum absolute atomic E-state index is 0.106. The first kappa shape index (κ1) is 17.9. The Labute approximate surface area is 159 Å². The van der Waals surface area contributed by atoms with Crippen molar-refractivity contribution in [2.75, 3.05) is 0 Å². The lowest BCUT2D eigenvalue weighted by molar-refractivity contribution is 0.425. The largest absolute Gasteiger partial charge is 0.506 e. The fraction of sp³-hybridized carbons (Fsp3) is 0.190. The molecule has 0 aliphatic heterocycles. The summed E-state index contributed by atoms with van der Waals surface area (Å²) in [6, 6.07) is 9.69. The van der Waals surface area contributed by atoms with Crippen LogP contribution < -0.4 is 5.56 Å². The quantitative estimate of drug-likeness (QED) is 0.577. The smallest absolute Gasteiger partial charge is 0.267 e. The number of benzene rings is 2. The van der Waals surface area contributed by atoms with Gasteiger partial charge in [-0.1, -0.05) is 28.9 Å². The Balaban J connectivity index is 1.95. The van der Waals surface area contributed by atoms with Crippen molar-refractivity contribution in [3.8, 4) is 28.6 Å². The molecule has 0 radical (unpaired) electrons. The zero-order chi connectivity index (χ0) is 20.0. The van der Waals surface area contributed by atoms with Crippen molar-refractivity contribution >= 4 is 10.9 Å². The van der Waals surface area contributed by atoms with Gasteiger partial charge in [0.15, 0.2) is 0 Å². The minimum Gasteiger partial charge on any atom is -0.506 e. The molecule has 2 heterocycles. The van der Waals surface area contributed by atoms with Crippen LogP contribution in [0.3, 0.4) is 0 Å². The second-order valence-electron chi connectivity index (χ2n) is 6.68. The van der Waals surface area contributed by atoms with Crippen molar-refractivity contribution in [1.82, 2.24) is 14.7 Å². The molecule has 2 aromatic heterocycles. The standard InChI is InChI=1S/C21H18FN3O3/c1-4-25-16-8-6-13(22)10-15(16)18(26)17(21(25)27)20-23-19(24-28-20)14-7-5-11(2)9-12(14)3/h5-10,26H,4H2,1-3H3. The first-order valence-electron chi connectivity index (χ1n) is 8.87. The van der Waals surface area contributed by atoms with Gasteiger partial charge in [0.05, 0.1) is 5.52 Å². The monoisotopic (exact) mass is 379 g/mol. The predicted molar refractivity (Wildman–Crippen MR) is 104 cm³/mol. The molecular formula is C21H18FN3O3. The van der Waals surface area contributed by atoms with Gasteiger partial charge in [0.1, 0.15) is 17.1 Å². The maximum Gasteiger partial charge on any atom is 0.267 e. The number of nitrogens with zero attached hydrogens (tertiary/aromatic N) is 3. The van der Waals surface area contributed by atoms with Gasteiger partial charge in [0, 0.05) is 17.5 Å². The first-order chi connectivity index (χ1) is 13.4. The predicted octanol–water partition coefficient (Wildman–Crippen LogP) is 4.20. The van der Waals surface area contributed by atoms with E-state index < -0.39 is 11.4 Å². The van der Waals surface area contributed by atoms with Crippen LogP contribution in [0.2, 0.25) is 0 Å². The van der Waals surface area contributed by atoms with Gasteiger partial charge in [-0.05, 0) is 44.5 Å². The van der Waals surface area contributed by atoms with Crippen molar-refractivity contribution in [2.24, 2.45) is 0 Å². The molecular weight excluding hydrogens is 361 g/mol. The van der Waals surface area contributed by atoms with E-state index in [9.17, 15) is 14.3 Å². The lowest BCUT2D eigenvalue weighted by Gasteiger charge is -2.11. The number of pyridine rings is 1. The Morgan fingerprint density at radius 2 is 1.96 bits per heavy atom. The molecule has 0 aliphatic carbocycles. The van der Waals surface area contributed by atoms with Crippen molar-refractivity contribution in [3.63, 3.8) is 0 Å². The minimum atomic E-state index is -0.517. The molecule has 0 amide bonds. The number of fused-ring (bicyclic) bond motifs is 1. The van der Waals surface area contributed by atoms with Crippen molar-refractivity contribution in [2.45, 2.75) is 27.3 Å². The Kier molecular flexibility index (Phi) is 4.22. The Bertz CT molecular complexity index is 1270. The van der Waals surface area contributed by atoms with Gasteiger partial charge < -0.3 is 14.2 Å². The Morgan fingerprint density at radius 1 is 1.18 bits per heavy atom. The van der Waals surface area contributed by atoms with E-state index in [1.807, 2.05) is 32.0 Å². The third kappa shape index (κ3) is 2.76. The third-order valence-corrected chi connectivity index (χ3v) is 4.78. The number of hydrogen-bond donors (Lipinski definition) is 1. The highest BCUT2D eigenvalue weighted by atomic mass is 19.1. The van der Waals surface area contributed by atoms with E-state index in [0.29, 0.717) is 17.9 Å². The lowest BCUT2D eigenvalue weighted by Crippen LogP contribution is -2.21. The van der Waals surface area contributed by atoms with E-state index in [-0.39, 0.29) is 22.6 Å². The normalized spacial score (nSPS) is 11.3. The van der Waals surface area contributed by atoms with Crippen molar-refractivity contribution < 1.29 is 14.0 Å². The van der Waals surface area contributed by atoms with Crippen LogP contribution in [0.15, 0.2) is 45.7 Å². The molecule has 28 heavy (non-hydrogen) atoms. The van der Waals surface area contributed by atoms with E-state index in [0.717, 1.165) is 16.7 Å². The van der Waals surface area contributed by atoms with Crippen LogP contribution in [-0.4, -0.2) is 19.8 Å². The SMILES string of the molecule is CCn1c(=O)c(-c2nc(-c3ccc(C)cc3C)no2)c(O)c2cc(F)ccc21. The van der Waals surface area contributed by atoms with E-state index >= 15 is 0 Å². The summed E-state index contributed by atoms with van der Waals surface area (Å²) in [5.74, 6) is -0.684. The number of aryl methyl sites for hydroxylation is 3. The average Bonchev–Trinajstić information content (AvgIpc) is 3.12. The van der Waals surface area contributed by atoms with Gasteiger partial charge in [-0.3, -0.25) is 4.79 Å². The molecule has 0 atom stereocenters. The highest BCUT2D eigenvalue weighted by Gasteiger charge is 2.23. The summed E-state index contributed by atoms with van der Waals surface area (Å²) in [7, 11) is 0. The number of aromatic hydroxyl groups is 1. The molecule has 0 saturated heterocycles. The Hall–Kier alpha value is -3.48. The van der Waals surface area contributed by atoms with Crippen LogP contribution in [0.1, 0.15) is 18.1 Å². The fourth-order valence-electron chi connectivity index (χ4n) is 3.42. The van der Waals surface area contributed by atoms with Crippen LogP contribution in [0.5, 0.6) is 5.75 Å². The van der Waals surface area contributed by atoms with E-state index in [2.05, 4.69) is 10.1 Å². The van der Waals surface area contributed by atoms with Gasteiger partial charge in [-0.25, -0.2) is 4.39 Å². The second-order valence-corrected chi connectivity index (χ2v) is 6.68. The van der Waals surface area contributed by atoms with E-state index in [1.165, 1.54) is 22.8 Å². The molecule has 0 spiro atoms. The summed E-state index contributed by atoms with van der Waals surface area (Å²) in [5, 5.41) is 14.9. The highest BCUT2D eigenvalue weighted by Crippen LogP contribution is 2.34. The summed E-state index contributed by atoms with van der Waals surface area (Å²) in [6.45, 7) is 6.04. The molecule has 0 aliphatic rings. The maximum atomic E-state index is 13.7. The average molecular weight is 379 g/mol. The van der Waals surface area contributed by atoms with Crippen LogP contribution >= 0.6 is 0 Å². The molecule has 7 heteroatoms. The maximum absolute atomic E-state index is 13.7. The Morgan fingerprint density at radius 3 is 2.68 bits per heavy atom. The number of aromatic nitrogens is 3. The molecule has 0 unspecified atom stereocenters. The molecule has 0 bridgehead atoms. The zero-order valence-corrected chi connectivity index (χ0v) is 15.7. The summed E-state index contributed by atoms with van der Waals surface area (Å²) < 4.78 is 20.5. The summed E-state index contributed by atoms with van der Waals surface area (Å²) in [6.07, 6.45) is 0. The summed E-state index contributed by atoms with van der Waals surface area (Å²) >= 11 is 0. The molecule has 4 rings (SSSR count). The molecule has 1 N–H and O–H groups in total. The topological polar surface area (TPSA) is 81.2 Å². The molecule has 0 saturated carbocycles. The fourth-order valence-corrected chi connectivity index (χ4v) is 3.42. The molecule has 2 aromatic carbocycles. The number of halogens is 1. The highest BCUT2D eigenvalue weighted by molar-refractivity contribution is 5.91. The van der Waals surface area contributed by atoms with Gasteiger partial charge in [-0.15, -0.1) is 0 Å². The van der Waals surface area contributed by atoms with E-state index in [1.54, 1.807) is 6.92 Å². The molecule has 4 aromatic rings. The molecule has 0 fully saturated rings.